The van der Waals surface area contributed by atoms with Crippen molar-refractivity contribution < 1.29 is 14.3 Å². The van der Waals surface area contributed by atoms with Gasteiger partial charge in [0.1, 0.15) is 11.5 Å². The zero-order chi connectivity index (χ0) is 15.8. The van der Waals surface area contributed by atoms with Crippen LogP contribution >= 0.6 is 11.8 Å². The van der Waals surface area contributed by atoms with Gasteiger partial charge in [-0.1, -0.05) is 6.07 Å². The molecular weight excluding hydrogens is 298 g/mol. The second-order valence-electron chi connectivity index (χ2n) is 4.47. The van der Waals surface area contributed by atoms with Crippen molar-refractivity contribution in [2.24, 2.45) is 0 Å². The Balaban J connectivity index is 1.84. The zero-order valence-corrected chi connectivity index (χ0v) is 13.5. The number of amides is 1. The number of carbonyl (C=O) groups is 1. The van der Waals surface area contributed by atoms with Gasteiger partial charge in [-0.05, 0) is 43.3 Å². The first-order valence-corrected chi connectivity index (χ1v) is 7.99. The molecule has 0 aliphatic carbocycles. The van der Waals surface area contributed by atoms with Gasteiger partial charge in [0.05, 0.1) is 19.5 Å². The van der Waals surface area contributed by atoms with Crippen LogP contribution in [0.1, 0.15) is 6.92 Å². The van der Waals surface area contributed by atoms with E-state index in [4.69, 9.17) is 9.47 Å². The Labute approximate surface area is 134 Å². The lowest BCUT2D eigenvalue weighted by Crippen LogP contribution is -2.13. The van der Waals surface area contributed by atoms with Crippen molar-refractivity contribution in [2.45, 2.75) is 11.8 Å². The van der Waals surface area contributed by atoms with Crippen LogP contribution in [0.25, 0.3) is 0 Å². The summed E-state index contributed by atoms with van der Waals surface area (Å²) >= 11 is 1.49. The van der Waals surface area contributed by atoms with Gasteiger partial charge in [-0.25, -0.2) is 0 Å². The average molecular weight is 317 g/mol. The maximum atomic E-state index is 12.0. The normalized spacial score (nSPS) is 10.1. The number of ether oxygens (including phenoxy) is 2. The molecule has 0 saturated carbocycles. The minimum Gasteiger partial charge on any atom is -0.497 e. The fourth-order valence-corrected chi connectivity index (χ4v) is 2.54. The molecule has 22 heavy (non-hydrogen) atoms. The molecule has 2 aromatic rings. The highest BCUT2D eigenvalue weighted by Gasteiger charge is 2.05. The maximum absolute atomic E-state index is 12.0. The van der Waals surface area contributed by atoms with Crippen LogP contribution in [0.2, 0.25) is 0 Å². The molecular formula is C17H19NO3S. The van der Waals surface area contributed by atoms with Crippen molar-refractivity contribution in [1.82, 2.24) is 0 Å². The van der Waals surface area contributed by atoms with Crippen molar-refractivity contribution >= 4 is 23.4 Å². The molecule has 4 nitrogen and oxygen atoms in total. The summed E-state index contributed by atoms with van der Waals surface area (Å²) in [6.45, 7) is 2.60. The third-order valence-electron chi connectivity index (χ3n) is 2.86. The summed E-state index contributed by atoms with van der Waals surface area (Å²) in [7, 11) is 1.60. The van der Waals surface area contributed by atoms with Crippen LogP contribution in [0.4, 0.5) is 5.69 Å². The molecule has 0 spiro atoms. The van der Waals surface area contributed by atoms with Gasteiger partial charge >= 0.3 is 0 Å². The molecule has 0 aromatic heterocycles. The summed E-state index contributed by atoms with van der Waals surface area (Å²) < 4.78 is 10.5. The van der Waals surface area contributed by atoms with Gasteiger partial charge in [-0.15, -0.1) is 11.8 Å². The van der Waals surface area contributed by atoms with Crippen LogP contribution in [0.5, 0.6) is 11.5 Å². The van der Waals surface area contributed by atoms with Crippen LogP contribution in [0, 0.1) is 0 Å². The van der Waals surface area contributed by atoms with E-state index in [9.17, 15) is 4.79 Å². The monoisotopic (exact) mass is 317 g/mol. The van der Waals surface area contributed by atoms with E-state index in [1.165, 1.54) is 11.8 Å². The highest BCUT2D eigenvalue weighted by atomic mass is 32.2. The van der Waals surface area contributed by atoms with E-state index in [-0.39, 0.29) is 5.91 Å². The number of rotatable bonds is 7. The van der Waals surface area contributed by atoms with Crippen molar-refractivity contribution in [3.05, 3.63) is 48.5 Å². The number of carbonyl (C=O) groups excluding carboxylic acids is 1. The standard InChI is InChI=1S/C17H19NO3S/c1-3-21-14-7-9-16(10-8-14)22-12-17(19)18-13-5-4-6-15(11-13)20-2/h4-11H,3,12H2,1-2H3,(H,18,19). The minimum absolute atomic E-state index is 0.0489. The Morgan fingerprint density at radius 2 is 1.91 bits per heavy atom. The molecule has 0 fully saturated rings. The van der Waals surface area contributed by atoms with Crippen LogP contribution in [-0.2, 0) is 4.79 Å². The molecule has 0 radical (unpaired) electrons. The minimum atomic E-state index is -0.0489. The van der Waals surface area contributed by atoms with Crippen molar-refractivity contribution in [3.63, 3.8) is 0 Å². The molecule has 2 aromatic carbocycles. The highest BCUT2D eigenvalue weighted by Crippen LogP contribution is 2.22. The Morgan fingerprint density at radius 3 is 2.59 bits per heavy atom. The molecule has 0 bridgehead atoms. The fraction of sp³-hybridized carbons (Fsp3) is 0.235. The molecule has 0 aliphatic rings. The molecule has 0 unspecified atom stereocenters. The second-order valence-corrected chi connectivity index (χ2v) is 5.52. The lowest BCUT2D eigenvalue weighted by molar-refractivity contribution is -0.113. The first-order chi connectivity index (χ1) is 10.7. The fourth-order valence-electron chi connectivity index (χ4n) is 1.85. The van der Waals surface area contributed by atoms with Gasteiger partial charge in [0.2, 0.25) is 5.91 Å². The van der Waals surface area contributed by atoms with E-state index in [0.29, 0.717) is 12.4 Å². The quantitative estimate of drug-likeness (QED) is 0.789. The summed E-state index contributed by atoms with van der Waals surface area (Å²) in [5, 5.41) is 2.85. The van der Waals surface area contributed by atoms with Gasteiger partial charge in [0.25, 0.3) is 0 Å². The summed E-state index contributed by atoms with van der Waals surface area (Å²) in [6.07, 6.45) is 0. The average Bonchev–Trinajstić information content (AvgIpc) is 2.55. The Morgan fingerprint density at radius 1 is 1.14 bits per heavy atom. The van der Waals surface area contributed by atoms with Crippen LogP contribution in [0.3, 0.4) is 0 Å². The Kier molecular flexibility index (Phi) is 6.15. The van der Waals surface area contributed by atoms with Gasteiger partial charge < -0.3 is 14.8 Å². The number of thioether (sulfide) groups is 1. The van der Waals surface area contributed by atoms with Crippen molar-refractivity contribution in [3.8, 4) is 11.5 Å². The first-order valence-electron chi connectivity index (χ1n) is 7.01. The smallest absolute Gasteiger partial charge is 0.234 e. The summed E-state index contributed by atoms with van der Waals surface area (Å²) in [5.41, 5.74) is 0.733. The second kappa shape index (κ2) is 8.34. The molecule has 0 heterocycles. The van der Waals surface area contributed by atoms with Gasteiger partial charge in [-0.3, -0.25) is 4.79 Å². The number of nitrogens with one attached hydrogen (secondary N) is 1. The van der Waals surface area contributed by atoms with Gasteiger partial charge in [-0.2, -0.15) is 0 Å². The topological polar surface area (TPSA) is 47.6 Å². The Hall–Kier alpha value is -2.14. The van der Waals surface area contributed by atoms with E-state index >= 15 is 0 Å². The van der Waals surface area contributed by atoms with Gasteiger partial charge in [0, 0.05) is 16.6 Å². The highest BCUT2D eigenvalue weighted by molar-refractivity contribution is 8.00. The van der Waals surface area contributed by atoms with E-state index in [2.05, 4.69) is 5.32 Å². The number of hydrogen-bond donors (Lipinski definition) is 1. The summed E-state index contributed by atoms with van der Waals surface area (Å²) in [4.78, 5) is 13.0. The molecule has 116 valence electrons. The molecule has 0 saturated heterocycles. The van der Waals surface area contributed by atoms with Crippen LogP contribution in [0.15, 0.2) is 53.4 Å². The zero-order valence-electron chi connectivity index (χ0n) is 12.7. The largest absolute Gasteiger partial charge is 0.497 e. The van der Waals surface area contributed by atoms with Crippen LogP contribution in [-0.4, -0.2) is 25.4 Å². The lowest BCUT2D eigenvalue weighted by Gasteiger charge is -2.07. The van der Waals surface area contributed by atoms with Crippen molar-refractivity contribution in [1.29, 1.82) is 0 Å². The number of benzene rings is 2. The molecule has 2 rings (SSSR count). The Bertz CT molecular complexity index is 614. The molecule has 1 N–H and O–H groups in total. The third-order valence-corrected chi connectivity index (χ3v) is 3.87. The summed E-state index contributed by atoms with van der Waals surface area (Å²) in [6, 6.07) is 15.0. The van der Waals surface area contributed by atoms with Gasteiger partial charge in [0.15, 0.2) is 0 Å². The van der Waals surface area contributed by atoms with Crippen LogP contribution < -0.4 is 14.8 Å². The molecule has 1 amide bonds. The number of methoxy groups -OCH3 is 1. The predicted octanol–water partition coefficient (Wildman–Crippen LogP) is 3.82. The number of hydrogen-bond acceptors (Lipinski definition) is 4. The van der Waals surface area contributed by atoms with E-state index in [1.807, 2.05) is 49.4 Å². The van der Waals surface area contributed by atoms with E-state index in [1.54, 1.807) is 13.2 Å². The van der Waals surface area contributed by atoms with E-state index < -0.39 is 0 Å². The third kappa shape index (κ3) is 5.00. The predicted molar refractivity (Wildman–Crippen MR) is 90.0 cm³/mol. The summed E-state index contributed by atoms with van der Waals surface area (Å²) in [5.74, 6) is 1.86. The maximum Gasteiger partial charge on any atom is 0.234 e. The molecule has 0 atom stereocenters. The number of anilines is 1. The first kappa shape index (κ1) is 16.2. The molecule has 0 aliphatic heterocycles. The lowest BCUT2D eigenvalue weighted by atomic mass is 10.3. The van der Waals surface area contributed by atoms with Crippen molar-refractivity contribution in [2.75, 3.05) is 24.8 Å². The SMILES string of the molecule is CCOc1ccc(SCC(=O)Nc2cccc(OC)c2)cc1. The molecule has 5 heteroatoms. The van der Waals surface area contributed by atoms with E-state index in [0.717, 1.165) is 22.1 Å².